The maximum absolute atomic E-state index is 12.0. The van der Waals surface area contributed by atoms with Crippen LogP contribution in [0.2, 0.25) is 0 Å². The van der Waals surface area contributed by atoms with Gasteiger partial charge in [-0.05, 0) is 19.3 Å². The Balaban J connectivity index is 0.00000441. The van der Waals surface area contributed by atoms with Crippen LogP contribution in [-0.2, 0) is 9.47 Å². The lowest BCUT2D eigenvalue weighted by Gasteiger charge is -2.22. The molecule has 1 aliphatic rings. The SMILES string of the molecule is CN=C(NCCCOC1CCOCC1)NCCC(F)(F)F.I. The van der Waals surface area contributed by atoms with Crippen molar-refractivity contribution in [1.82, 2.24) is 10.6 Å². The monoisotopic (exact) mass is 439 g/mol. The first-order valence-corrected chi connectivity index (χ1v) is 7.22. The van der Waals surface area contributed by atoms with Gasteiger partial charge in [0.1, 0.15) is 0 Å². The molecule has 0 aromatic carbocycles. The van der Waals surface area contributed by atoms with Crippen molar-refractivity contribution in [3.05, 3.63) is 0 Å². The maximum Gasteiger partial charge on any atom is 0.390 e. The van der Waals surface area contributed by atoms with Crippen LogP contribution in [0.25, 0.3) is 0 Å². The topological polar surface area (TPSA) is 54.9 Å². The van der Waals surface area contributed by atoms with Crippen LogP contribution in [0.3, 0.4) is 0 Å². The highest BCUT2D eigenvalue weighted by molar-refractivity contribution is 14.0. The summed E-state index contributed by atoms with van der Waals surface area (Å²) < 4.78 is 47.0. The fraction of sp³-hybridized carbons (Fsp3) is 0.923. The van der Waals surface area contributed by atoms with Crippen LogP contribution in [-0.4, -0.2) is 58.2 Å². The molecule has 2 N–H and O–H groups in total. The van der Waals surface area contributed by atoms with E-state index in [4.69, 9.17) is 9.47 Å². The largest absolute Gasteiger partial charge is 0.390 e. The predicted octanol–water partition coefficient (Wildman–Crippen LogP) is 2.31. The summed E-state index contributed by atoms with van der Waals surface area (Å²) in [6, 6.07) is 0. The molecule has 0 radical (unpaired) electrons. The van der Waals surface area contributed by atoms with E-state index in [9.17, 15) is 13.2 Å². The van der Waals surface area contributed by atoms with E-state index < -0.39 is 12.6 Å². The number of hydrogen-bond acceptors (Lipinski definition) is 3. The van der Waals surface area contributed by atoms with Gasteiger partial charge in [-0.3, -0.25) is 4.99 Å². The molecule has 1 saturated heterocycles. The van der Waals surface area contributed by atoms with Gasteiger partial charge in [0.25, 0.3) is 0 Å². The van der Waals surface area contributed by atoms with Crippen molar-refractivity contribution in [3.63, 3.8) is 0 Å². The van der Waals surface area contributed by atoms with Gasteiger partial charge in [0.15, 0.2) is 5.96 Å². The van der Waals surface area contributed by atoms with Crippen LogP contribution in [0.15, 0.2) is 4.99 Å². The smallest absolute Gasteiger partial charge is 0.381 e. The lowest BCUT2D eigenvalue weighted by Crippen LogP contribution is -2.39. The predicted molar refractivity (Wildman–Crippen MR) is 89.9 cm³/mol. The fourth-order valence-corrected chi connectivity index (χ4v) is 1.91. The zero-order valence-electron chi connectivity index (χ0n) is 12.7. The normalized spacial score (nSPS) is 17.0. The molecule has 0 atom stereocenters. The molecule has 0 aromatic rings. The Morgan fingerprint density at radius 1 is 1.23 bits per heavy atom. The zero-order valence-corrected chi connectivity index (χ0v) is 15.1. The number of guanidine groups is 1. The summed E-state index contributed by atoms with van der Waals surface area (Å²) in [6.45, 7) is 2.55. The van der Waals surface area contributed by atoms with Gasteiger partial charge in [0.05, 0.1) is 12.5 Å². The molecular weight excluding hydrogens is 414 g/mol. The third kappa shape index (κ3) is 11.3. The molecule has 1 fully saturated rings. The molecule has 0 aromatic heterocycles. The lowest BCUT2D eigenvalue weighted by atomic mass is 10.1. The minimum atomic E-state index is -4.15. The van der Waals surface area contributed by atoms with E-state index >= 15 is 0 Å². The highest BCUT2D eigenvalue weighted by Gasteiger charge is 2.26. The second kappa shape index (κ2) is 12.2. The number of nitrogens with zero attached hydrogens (tertiary/aromatic N) is 1. The second-order valence-corrected chi connectivity index (χ2v) is 4.83. The van der Waals surface area contributed by atoms with Gasteiger partial charge in [-0.15, -0.1) is 24.0 Å². The van der Waals surface area contributed by atoms with Crippen molar-refractivity contribution in [3.8, 4) is 0 Å². The number of hydrogen-bond donors (Lipinski definition) is 2. The van der Waals surface area contributed by atoms with Gasteiger partial charge in [-0.1, -0.05) is 0 Å². The average Bonchev–Trinajstić information content (AvgIpc) is 2.45. The number of ether oxygens (including phenoxy) is 2. The van der Waals surface area contributed by atoms with Crippen molar-refractivity contribution >= 4 is 29.9 Å². The maximum atomic E-state index is 12.0. The van der Waals surface area contributed by atoms with Crippen molar-refractivity contribution in [2.24, 2.45) is 4.99 Å². The summed E-state index contributed by atoms with van der Waals surface area (Å²) in [5, 5.41) is 5.59. The van der Waals surface area contributed by atoms with Crippen LogP contribution in [0.1, 0.15) is 25.7 Å². The number of nitrogens with one attached hydrogen (secondary N) is 2. The molecule has 1 heterocycles. The summed E-state index contributed by atoms with van der Waals surface area (Å²) in [6.07, 6.45) is -2.13. The van der Waals surface area contributed by atoms with E-state index in [1.54, 1.807) is 0 Å². The van der Waals surface area contributed by atoms with E-state index in [2.05, 4.69) is 15.6 Å². The summed E-state index contributed by atoms with van der Waals surface area (Å²) in [7, 11) is 1.53. The average molecular weight is 439 g/mol. The Morgan fingerprint density at radius 2 is 1.86 bits per heavy atom. The van der Waals surface area contributed by atoms with E-state index in [-0.39, 0.29) is 36.6 Å². The van der Waals surface area contributed by atoms with Gasteiger partial charge in [-0.2, -0.15) is 13.2 Å². The lowest BCUT2D eigenvalue weighted by molar-refractivity contribution is -0.132. The van der Waals surface area contributed by atoms with Gasteiger partial charge >= 0.3 is 6.18 Å². The van der Waals surface area contributed by atoms with Gasteiger partial charge in [0.2, 0.25) is 0 Å². The summed E-state index contributed by atoms with van der Waals surface area (Å²) in [4.78, 5) is 3.86. The van der Waals surface area contributed by atoms with Crippen LogP contribution in [0, 0.1) is 0 Å². The third-order valence-corrected chi connectivity index (χ3v) is 3.06. The molecule has 0 spiro atoms. The minimum Gasteiger partial charge on any atom is -0.381 e. The standard InChI is InChI=1S/C13H24F3N3O2.HI/c1-17-12(19-7-5-13(14,15)16)18-6-2-8-21-11-3-9-20-10-4-11;/h11H,2-10H2,1H3,(H2,17,18,19);1H. The van der Waals surface area contributed by atoms with E-state index in [0.717, 1.165) is 32.5 Å². The molecule has 1 aliphatic heterocycles. The third-order valence-electron chi connectivity index (χ3n) is 3.06. The summed E-state index contributed by atoms with van der Waals surface area (Å²) >= 11 is 0. The summed E-state index contributed by atoms with van der Waals surface area (Å²) in [5.41, 5.74) is 0. The molecular formula is C13H25F3IN3O2. The van der Waals surface area contributed by atoms with Crippen LogP contribution >= 0.6 is 24.0 Å². The Hall–Kier alpha value is -0.290. The van der Waals surface area contributed by atoms with E-state index in [0.29, 0.717) is 19.1 Å². The van der Waals surface area contributed by atoms with Crippen molar-refractivity contribution in [2.75, 3.05) is 40.0 Å². The van der Waals surface area contributed by atoms with Gasteiger partial charge in [-0.25, -0.2) is 0 Å². The first-order valence-electron chi connectivity index (χ1n) is 7.22. The highest BCUT2D eigenvalue weighted by Crippen LogP contribution is 2.18. The van der Waals surface area contributed by atoms with Crippen molar-refractivity contribution in [1.29, 1.82) is 0 Å². The Labute approximate surface area is 146 Å². The molecule has 9 heteroatoms. The highest BCUT2D eigenvalue weighted by atomic mass is 127. The molecule has 0 aliphatic carbocycles. The first kappa shape index (κ1) is 21.7. The van der Waals surface area contributed by atoms with E-state index in [1.165, 1.54) is 7.05 Å². The molecule has 0 saturated carbocycles. The van der Waals surface area contributed by atoms with Crippen LogP contribution in [0.4, 0.5) is 13.2 Å². The summed E-state index contributed by atoms with van der Waals surface area (Å²) in [5.74, 6) is 0.380. The Bertz CT molecular complexity index is 311. The number of halogens is 4. The zero-order chi connectivity index (χ0) is 15.6. The van der Waals surface area contributed by atoms with Crippen molar-refractivity contribution < 1.29 is 22.6 Å². The van der Waals surface area contributed by atoms with Crippen LogP contribution < -0.4 is 10.6 Å². The molecule has 22 heavy (non-hydrogen) atoms. The number of alkyl halides is 3. The van der Waals surface area contributed by atoms with Crippen molar-refractivity contribution in [2.45, 2.75) is 38.0 Å². The fourth-order valence-electron chi connectivity index (χ4n) is 1.91. The minimum absolute atomic E-state index is 0. The molecule has 0 amide bonds. The van der Waals surface area contributed by atoms with Gasteiger partial charge < -0.3 is 20.1 Å². The number of aliphatic imine (C=N–C) groups is 1. The number of rotatable bonds is 7. The quantitative estimate of drug-likeness (QED) is 0.277. The Morgan fingerprint density at radius 3 is 2.45 bits per heavy atom. The second-order valence-electron chi connectivity index (χ2n) is 4.83. The molecule has 0 bridgehead atoms. The first-order chi connectivity index (χ1) is 10.0. The van der Waals surface area contributed by atoms with E-state index in [1.807, 2.05) is 0 Å². The Kier molecular flexibility index (Phi) is 12.0. The van der Waals surface area contributed by atoms with Gasteiger partial charge in [0, 0.05) is 40.0 Å². The molecule has 5 nitrogen and oxygen atoms in total. The van der Waals surface area contributed by atoms with Crippen LogP contribution in [0.5, 0.6) is 0 Å². The molecule has 132 valence electrons. The molecule has 1 rings (SSSR count). The molecule has 0 unspecified atom stereocenters.